The molecule has 8 heteroatoms. The van der Waals surface area contributed by atoms with Crippen LogP contribution in [0.4, 0.5) is 0 Å². The van der Waals surface area contributed by atoms with Crippen molar-refractivity contribution in [1.29, 1.82) is 0 Å². The van der Waals surface area contributed by atoms with Crippen LogP contribution >= 0.6 is 0 Å². The molecule has 22 heavy (non-hydrogen) atoms. The Morgan fingerprint density at radius 3 is 2.82 bits per heavy atom. The van der Waals surface area contributed by atoms with Gasteiger partial charge in [-0.25, -0.2) is 4.98 Å². The number of aromatic nitrogens is 3. The van der Waals surface area contributed by atoms with Crippen molar-refractivity contribution in [2.24, 2.45) is 11.7 Å². The van der Waals surface area contributed by atoms with Gasteiger partial charge in [-0.05, 0) is 19.8 Å². The lowest BCUT2D eigenvalue weighted by Gasteiger charge is -2.23. The molecular formula is C14H24N6O2. The summed E-state index contributed by atoms with van der Waals surface area (Å²) in [4.78, 5) is 29.7. The SMILES string of the molecule is CC(=O)N1C[C@@H](N)CC[C@@H](C(=O)NCCc2n[nH]c(C)n2)C1. The molecule has 0 aliphatic carbocycles. The molecular weight excluding hydrogens is 284 g/mol. The number of nitrogens with one attached hydrogen (secondary N) is 2. The van der Waals surface area contributed by atoms with Crippen LogP contribution in [0.2, 0.25) is 0 Å². The number of nitrogens with two attached hydrogens (primary N) is 1. The van der Waals surface area contributed by atoms with E-state index in [1.54, 1.807) is 4.90 Å². The number of carbonyl (C=O) groups excluding carboxylic acids is 2. The second-order valence-electron chi connectivity index (χ2n) is 5.84. The van der Waals surface area contributed by atoms with Crippen LogP contribution < -0.4 is 11.1 Å². The van der Waals surface area contributed by atoms with E-state index in [1.165, 1.54) is 6.92 Å². The molecule has 1 saturated heterocycles. The van der Waals surface area contributed by atoms with Gasteiger partial charge in [-0.2, -0.15) is 5.10 Å². The van der Waals surface area contributed by atoms with E-state index in [4.69, 9.17) is 5.73 Å². The topological polar surface area (TPSA) is 117 Å². The van der Waals surface area contributed by atoms with Crippen molar-refractivity contribution >= 4 is 11.8 Å². The van der Waals surface area contributed by atoms with Crippen molar-refractivity contribution < 1.29 is 9.59 Å². The molecule has 4 N–H and O–H groups in total. The maximum Gasteiger partial charge on any atom is 0.224 e. The van der Waals surface area contributed by atoms with Gasteiger partial charge in [0, 0.05) is 39.0 Å². The Morgan fingerprint density at radius 2 is 2.18 bits per heavy atom. The number of carbonyl (C=O) groups is 2. The van der Waals surface area contributed by atoms with E-state index in [9.17, 15) is 9.59 Å². The standard InChI is InChI=1S/C14H24N6O2/c1-9-17-13(19-18-9)5-6-16-14(22)11-3-4-12(15)8-20(7-11)10(2)21/h11-12H,3-8,15H2,1-2H3,(H,16,22)(H,17,18,19)/t11-,12+/m1/s1. The molecule has 1 aromatic heterocycles. The molecule has 0 spiro atoms. The summed E-state index contributed by atoms with van der Waals surface area (Å²) in [7, 11) is 0. The predicted molar refractivity (Wildman–Crippen MR) is 80.8 cm³/mol. The molecule has 0 aromatic carbocycles. The van der Waals surface area contributed by atoms with Gasteiger partial charge in [0.15, 0.2) is 5.82 Å². The number of aromatic amines is 1. The summed E-state index contributed by atoms with van der Waals surface area (Å²) in [5, 5.41) is 9.70. The van der Waals surface area contributed by atoms with E-state index in [2.05, 4.69) is 20.5 Å². The molecule has 0 radical (unpaired) electrons. The van der Waals surface area contributed by atoms with Gasteiger partial charge in [-0.3, -0.25) is 14.7 Å². The predicted octanol–water partition coefficient (Wildman–Crippen LogP) is -0.642. The number of hydrogen-bond donors (Lipinski definition) is 3. The van der Waals surface area contributed by atoms with E-state index < -0.39 is 0 Å². The summed E-state index contributed by atoms with van der Waals surface area (Å²) in [5.41, 5.74) is 5.96. The highest BCUT2D eigenvalue weighted by molar-refractivity contribution is 5.80. The van der Waals surface area contributed by atoms with Crippen LogP contribution in [-0.4, -0.2) is 57.6 Å². The maximum atomic E-state index is 12.3. The van der Waals surface area contributed by atoms with Crippen LogP contribution in [0.5, 0.6) is 0 Å². The van der Waals surface area contributed by atoms with Crippen LogP contribution in [0.3, 0.4) is 0 Å². The second-order valence-corrected chi connectivity index (χ2v) is 5.84. The second kappa shape index (κ2) is 7.35. The zero-order valence-electron chi connectivity index (χ0n) is 13.1. The van der Waals surface area contributed by atoms with Gasteiger partial charge in [0.2, 0.25) is 11.8 Å². The zero-order valence-corrected chi connectivity index (χ0v) is 13.1. The minimum absolute atomic E-state index is 0.0346. The smallest absolute Gasteiger partial charge is 0.224 e. The number of amides is 2. The van der Waals surface area contributed by atoms with Crippen molar-refractivity contribution in [3.05, 3.63) is 11.6 Å². The fourth-order valence-corrected chi connectivity index (χ4v) is 2.64. The highest BCUT2D eigenvalue weighted by atomic mass is 16.2. The van der Waals surface area contributed by atoms with E-state index >= 15 is 0 Å². The fraction of sp³-hybridized carbons (Fsp3) is 0.714. The molecule has 1 aliphatic rings. The first kappa shape index (κ1) is 16.4. The molecule has 0 saturated carbocycles. The first-order chi connectivity index (χ1) is 10.5. The van der Waals surface area contributed by atoms with Crippen LogP contribution in [0.15, 0.2) is 0 Å². The molecule has 1 aromatic rings. The third kappa shape index (κ3) is 4.52. The Kier molecular flexibility index (Phi) is 5.48. The van der Waals surface area contributed by atoms with E-state index in [1.807, 2.05) is 6.92 Å². The van der Waals surface area contributed by atoms with Crippen molar-refractivity contribution in [3.8, 4) is 0 Å². The number of likely N-dealkylation sites (tertiary alicyclic amines) is 1. The minimum atomic E-state index is -0.202. The Labute approximate surface area is 129 Å². The highest BCUT2D eigenvalue weighted by Crippen LogP contribution is 2.16. The molecule has 2 rings (SSSR count). The van der Waals surface area contributed by atoms with Crippen LogP contribution in [-0.2, 0) is 16.0 Å². The molecule has 8 nitrogen and oxygen atoms in total. The molecule has 2 atom stereocenters. The normalized spacial score (nSPS) is 22.2. The average molecular weight is 308 g/mol. The number of aryl methyl sites for hydroxylation is 1. The zero-order chi connectivity index (χ0) is 16.1. The third-order valence-electron chi connectivity index (χ3n) is 3.89. The fourth-order valence-electron chi connectivity index (χ4n) is 2.64. The van der Waals surface area contributed by atoms with Crippen LogP contribution in [0.1, 0.15) is 31.4 Å². The van der Waals surface area contributed by atoms with E-state index in [0.717, 1.165) is 12.2 Å². The Balaban J connectivity index is 1.83. The van der Waals surface area contributed by atoms with Gasteiger partial charge in [0.1, 0.15) is 5.82 Å². The lowest BCUT2D eigenvalue weighted by atomic mass is 10.0. The summed E-state index contributed by atoms with van der Waals surface area (Å²) in [6, 6.07) is -0.0575. The van der Waals surface area contributed by atoms with Crippen LogP contribution in [0, 0.1) is 12.8 Å². The van der Waals surface area contributed by atoms with Gasteiger partial charge in [-0.15, -0.1) is 0 Å². The number of nitrogens with zero attached hydrogens (tertiary/aromatic N) is 3. The summed E-state index contributed by atoms with van der Waals surface area (Å²) in [5.74, 6) is 1.17. The average Bonchev–Trinajstić information content (AvgIpc) is 2.76. The monoisotopic (exact) mass is 308 g/mol. The van der Waals surface area contributed by atoms with Crippen molar-refractivity contribution in [1.82, 2.24) is 25.4 Å². The number of rotatable bonds is 4. The largest absolute Gasteiger partial charge is 0.355 e. The van der Waals surface area contributed by atoms with Crippen LogP contribution in [0.25, 0.3) is 0 Å². The van der Waals surface area contributed by atoms with E-state index in [0.29, 0.717) is 38.3 Å². The lowest BCUT2D eigenvalue weighted by Crippen LogP contribution is -2.42. The van der Waals surface area contributed by atoms with Crippen molar-refractivity contribution in [3.63, 3.8) is 0 Å². The third-order valence-corrected chi connectivity index (χ3v) is 3.89. The molecule has 0 bridgehead atoms. The Hall–Kier alpha value is -1.96. The lowest BCUT2D eigenvalue weighted by molar-refractivity contribution is -0.131. The Morgan fingerprint density at radius 1 is 1.41 bits per heavy atom. The molecule has 122 valence electrons. The maximum absolute atomic E-state index is 12.3. The summed E-state index contributed by atoms with van der Waals surface area (Å²) in [6.07, 6.45) is 2.04. The first-order valence-corrected chi connectivity index (χ1v) is 7.62. The van der Waals surface area contributed by atoms with E-state index in [-0.39, 0.29) is 23.8 Å². The van der Waals surface area contributed by atoms with Gasteiger partial charge in [0.05, 0.1) is 5.92 Å². The highest BCUT2D eigenvalue weighted by Gasteiger charge is 2.28. The molecule has 1 aliphatic heterocycles. The van der Waals surface area contributed by atoms with Crippen molar-refractivity contribution in [2.45, 2.75) is 39.2 Å². The Bertz CT molecular complexity index is 529. The summed E-state index contributed by atoms with van der Waals surface area (Å²) in [6.45, 7) is 4.79. The summed E-state index contributed by atoms with van der Waals surface area (Å²) < 4.78 is 0. The van der Waals surface area contributed by atoms with Gasteiger partial charge in [-0.1, -0.05) is 0 Å². The number of H-pyrrole nitrogens is 1. The van der Waals surface area contributed by atoms with Gasteiger partial charge < -0.3 is 16.0 Å². The van der Waals surface area contributed by atoms with Gasteiger partial charge in [0.25, 0.3) is 0 Å². The quantitative estimate of drug-likeness (QED) is 0.684. The minimum Gasteiger partial charge on any atom is -0.355 e. The molecule has 0 unspecified atom stereocenters. The summed E-state index contributed by atoms with van der Waals surface area (Å²) >= 11 is 0. The molecule has 2 heterocycles. The first-order valence-electron chi connectivity index (χ1n) is 7.62. The molecule has 1 fully saturated rings. The van der Waals surface area contributed by atoms with Crippen molar-refractivity contribution in [2.75, 3.05) is 19.6 Å². The van der Waals surface area contributed by atoms with Gasteiger partial charge >= 0.3 is 0 Å². The number of hydrogen-bond acceptors (Lipinski definition) is 5. The molecule has 2 amide bonds.